The van der Waals surface area contributed by atoms with Crippen molar-refractivity contribution in [3.8, 4) is 0 Å². The summed E-state index contributed by atoms with van der Waals surface area (Å²) in [6.45, 7) is 0.398. The van der Waals surface area contributed by atoms with Crippen LogP contribution < -0.4 is 0 Å². The Balaban J connectivity index is 2.17. The monoisotopic (exact) mass is 206 g/mol. The molecule has 1 aliphatic carbocycles. The zero-order valence-electron chi connectivity index (χ0n) is 6.22. The second kappa shape index (κ2) is 4.35. The molecule has 60 valence electrons. The average molecular weight is 207 g/mol. The molecule has 0 aromatic rings. The molecule has 0 heterocycles. The maximum atomic E-state index is 8.84. The SMILES string of the molecule is OC[C@H]1CC[C@H](CBr)CC1. The molecule has 10 heavy (non-hydrogen) atoms. The molecule has 1 saturated carbocycles. The van der Waals surface area contributed by atoms with Crippen LogP contribution in [-0.2, 0) is 0 Å². The van der Waals surface area contributed by atoms with Gasteiger partial charge in [0.1, 0.15) is 0 Å². The molecule has 0 saturated heterocycles. The molecule has 0 amide bonds. The van der Waals surface area contributed by atoms with Crippen LogP contribution in [0.15, 0.2) is 0 Å². The number of hydrogen-bond donors (Lipinski definition) is 1. The molecular weight excluding hydrogens is 192 g/mol. The number of hydrogen-bond acceptors (Lipinski definition) is 1. The van der Waals surface area contributed by atoms with E-state index in [1.807, 2.05) is 0 Å². The summed E-state index contributed by atoms with van der Waals surface area (Å²) >= 11 is 3.49. The molecule has 0 atom stereocenters. The highest BCUT2D eigenvalue weighted by molar-refractivity contribution is 9.09. The molecular formula is C8H15BrO. The van der Waals surface area contributed by atoms with Gasteiger partial charge in [-0.05, 0) is 37.5 Å². The van der Waals surface area contributed by atoms with Gasteiger partial charge in [-0.2, -0.15) is 0 Å². The Bertz CT molecular complexity index is 75.3. The molecule has 0 aromatic carbocycles. The van der Waals surface area contributed by atoms with E-state index in [0.717, 1.165) is 11.2 Å². The number of aliphatic hydroxyl groups excluding tert-OH is 1. The summed E-state index contributed by atoms with van der Waals surface area (Å²) in [6.07, 6.45) is 5.06. The Morgan fingerprint density at radius 2 is 1.60 bits per heavy atom. The van der Waals surface area contributed by atoms with Gasteiger partial charge < -0.3 is 5.11 Å². The third-order valence-electron chi connectivity index (χ3n) is 2.44. The van der Waals surface area contributed by atoms with Crippen molar-refractivity contribution in [2.75, 3.05) is 11.9 Å². The number of halogens is 1. The van der Waals surface area contributed by atoms with E-state index in [1.54, 1.807) is 0 Å². The molecule has 1 rings (SSSR count). The quantitative estimate of drug-likeness (QED) is 0.688. The summed E-state index contributed by atoms with van der Waals surface area (Å²) in [6, 6.07) is 0. The van der Waals surface area contributed by atoms with Crippen molar-refractivity contribution in [3.05, 3.63) is 0 Å². The van der Waals surface area contributed by atoms with Crippen LogP contribution in [0.2, 0.25) is 0 Å². The lowest BCUT2D eigenvalue weighted by Gasteiger charge is -2.25. The summed E-state index contributed by atoms with van der Waals surface area (Å²) in [5.74, 6) is 1.48. The molecule has 1 aliphatic rings. The van der Waals surface area contributed by atoms with Crippen LogP contribution in [0, 0.1) is 11.8 Å². The molecule has 1 N–H and O–H groups in total. The van der Waals surface area contributed by atoms with Crippen molar-refractivity contribution in [1.29, 1.82) is 0 Å². The molecule has 1 nitrogen and oxygen atoms in total. The summed E-state index contributed by atoms with van der Waals surface area (Å²) < 4.78 is 0. The highest BCUT2D eigenvalue weighted by atomic mass is 79.9. The molecule has 0 bridgehead atoms. The maximum Gasteiger partial charge on any atom is 0.0459 e. The topological polar surface area (TPSA) is 20.2 Å². The van der Waals surface area contributed by atoms with E-state index in [9.17, 15) is 0 Å². The Morgan fingerprint density at radius 3 is 2.00 bits per heavy atom. The lowest BCUT2D eigenvalue weighted by Crippen LogP contribution is -2.17. The van der Waals surface area contributed by atoms with Crippen LogP contribution in [0.3, 0.4) is 0 Å². The maximum absolute atomic E-state index is 8.84. The van der Waals surface area contributed by atoms with Crippen molar-refractivity contribution >= 4 is 15.9 Å². The van der Waals surface area contributed by atoms with Crippen molar-refractivity contribution in [2.24, 2.45) is 11.8 Å². The van der Waals surface area contributed by atoms with Gasteiger partial charge in [-0.3, -0.25) is 0 Å². The number of alkyl halides is 1. The third-order valence-corrected chi connectivity index (χ3v) is 3.36. The van der Waals surface area contributed by atoms with Gasteiger partial charge in [-0.25, -0.2) is 0 Å². The van der Waals surface area contributed by atoms with Gasteiger partial charge in [0, 0.05) is 11.9 Å². The van der Waals surface area contributed by atoms with E-state index in [4.69, 9.17) is 5.11 Å². The van der Waals surface area contributed by atoms with Crippen molar-refractivity contribution in [1.82, 2.24) is 0 Å². The molecule has 0 aliphatic heterocycles. The Labute approximate surface area is 70.9 Å². The first kappa shape index (κ1) is 8.54. The van der Waals surface area contributed by atoms with Crippen LogP contribution in [-0.4, -0.2) is 17.0 Å². The molecule has 0 aromatic heterocycles. The lowest BCUT2D eigenvalue weighted by atomic mass is 9.83. The van der Waals surface area contributed by atoms with E-state index in [1.165, 1.54) is 25.7 Å². The van der Waals surface area contributed by atoms with Gasteiger partial charge in [-0.15, -0.1) is 0 Å². The first-order valence-corrected chi connectivity index (χ1v) is 5.15. The second-order valence-electron chi connectivity index (χ2n) is 3.22. The Hall–Kier alpha value is 0.440. The average Bonchev–Trinajstić information content (AvgIpc) is 2.05. The van der Waals surface area contributed by atoms with Crippen LogP contribution in [0.25, 0.3) is 0 Å². The van der Waals surface area contributed by atoms with E-state index >= 15 is 0 Å². The van der Waals surface area contributed by atoms with E-state index in [2.05, 4.69) is 15.9 Å². The van der Waals surface area contributed by atoms with Crippen LogP contribution >= 0.6 is 15.9 Å². The molecule has 1 fully saturated rings. The zero-order chi connectivity index (χ0) is 7.40. The summed E-state index contributed by atoms with van der Waals surface area (Å²) in [4.78, 5) is 0. The van der Waals surface area contributed by atoms with Gasteiger partial charge >= 0.3 is 0 Å². The van der Waals surface area contributed by atoms with Crippen LogP contribution in [0.1, 0.15) is 25.7 Å². The van der Waals surface area contributed by atoms with Gasteiger partial charge in [0.2, 0.25) is 0 Å². The zero-order valence-corrected chi connectivity index (χ0v) is 7.81. The van der Waals surface area contributed by atoms with E-state index < -0.39 is 0 Å². The fourth-order valence-corrected chi connectivity index (χ4v) is 2.22. The van der Waals surface area contributed by atoms with Gasteiger partial charge in [0.25, 0.3) is 0 Å². The van der Waals surface area contributed by atoms with Gasteiger partial charge in [-0.1, -0.05) is 15.9 Å². The Morgan fingerprint density at radius 1 is 1.10 bits per heavy atom. The first-order valence-electron chi connectivity index (χ1n) is 4.03. The minimum atomic E-state index is 0.398. The lowest BCUT2D eigenvalue weighted by molar-refractivity contribution is 0.173. The molecule has 2 heteroatoms. The smallest absolute Gasteiger partial charge is 0.0459 e. The summed E-state index contributed by atoms with van der Waals surface area (Å²) in [5.41, 5.74) is 0. The van der Waals surface area contributed by atoms with Crippen molar-refractivity contribution in [3.63, 3.8) is 0 Å². The molecule has 0 radical (unpaired) electrons. The second-order valence-corrected chi connectivity index (χ2v) is 3.87. The minimum Gasteiger partial charge on any atom is -0.396 e. The first-order chi connectivity index (χ1) is 4.86. The molecule has 0 unspecified atom stereocenters. The van der Waals surface area contributed by atoms with Crippen LogP contribution in [0.5, 0.6) is 0 Å². The number of rotatable bonds is 2. The van der Waals surface area contributed by atoms with Gasteiger partial charge in [0.05, 0.1) is 0 Å². The predicted molar refractivity (Wildman–Crippen MR) is 46.3 cm³/mol. The predicted octanol–water partition coefficient (Wildman–Crippen LogP) is 2.18. The van der Waals surface area contributed by atoms with E-state index in [-0.39, 0.29) is 0 Å². The third kappa shape index (κ3) is 2.24. The minimum absolute atomic E-state index is 0.398. The highest BCUT2D eigenvalue weighted by Crippen LogP contribution is 2.29. The van der Waals surface area contributed by atoms with Gasteiger partial charge in [0.15, 0.2) is 0 Å². The van der Waals surface area contributed by atoms with Crippen molar-refractivity contribution in [2.45, 2.75) is 25.7 Å². The summed E-state index contributed by atoms with van der Waals surface area (Å²) in [5, 5.41) is 9.98. The standard InChI is InChI=1S/C8H15BrO/c9-5-7-1-3-8(6-10)4-2-7/h7-8,10H,1-6H2/t7-,8-. The highest BCUT2D eigenvalue weighted by Gasteiger charge is 2.18. The summed E-state index contributed by atoms with van der Waals surface area (Å²) in [7, 11) is 0. The van der Waals surface area contributed by atoms with Crippen molar-refractivity contribution < 1.29 is 5.11 Å². The molecule has 0 spiro atoms. The largest absolute Gasteiger partial charge is 0.396 e. The fraction of sp³-hybridized carbons (Fsp3) is 1.00. The number of aliphatic hydroxyl groups is 1. The van der Waals surface area contributed by atoms with Crippen LogP contribution in [0.4, 0.5) is 0 Å². The van der Waals surface area contributed by atoms with E-state index in [0.29, 0.717) is 12.5 Å². The normalized spacial score (nSPS) is 34.2. The fourth-order valence-electron chi connectivity index (χ4n) is 1.57. The Kier molecular flexibility index (Phi) is 3.71.